The number of piperidine rings is 1. The fourth-order valence-electron chi connectivity index (χ4n) is 2.60. The molecular formula is C15H18ClNO2. The largest absolute Gasteiger partial charge is 0.330 e. The van der Waals surface area contributed by atoms with Gasteiger partial charge in [0, 0.05) is 17.0 Å². The minimum Gasteiger partial charge on any atom is -0.330 e. The van der Waals surface area contributed by atoms with E-state index < -0.39 is 0 Å². The number of hydrogen-bond donors (Lipinski definition) is 0. The molecular weight excluding hydrogens is 262 g/mol. The normalized spacial score (nSPS) is 20.8. The van der Waals surface area contributed by atoms with Crippen molar-refractivity contribution in [2.75, 3.05) is 0 Å². The van der Waals surface area contributed by atoms with Gasteiger partial charge in [-0.15, -0.1) is 0 Å². The van der Waals surface area contributed by atoms with Crippen molar-refractivity contribution in [1.82, 2.24) is 4.90 Å². The van der Waals surface area contributed by atoms with Crippen LogP contribution >= 0.6 is 11.6 Å². The maximum absolute atomic E-state index is 12.2. The van der Waals surface area contributed by atoms with E-state index in [0.717, 1.165) is 5.56 Å². The molecule has 3 nitrogen and oxygen atoms in total. The zero-order chi connectivity index (χ0) is 14.2. The maximum atomic E-state index is 12.2. The van der Waals surface area contributed by atoms with Crippen LogP contribution in [-0.4, -0.2) is 22.1 Å². The van der Waals surface area contributed by atoms with Crippen molar-refractivity contribution in [3.8, 4) is 0 Å². The highest BCUT2D eigenvalue weighted by Gasteiger charge is 2.39. The predicted molar refractivity (Wildman–Crippen MR) is 75.0 cm³/mol. The topological polar surface area (TPSA) is 37.4 Å². The van der Waals surface area contributed by atoms with Crippen molar-refractivity contribution in [2.24, 2.45) is 0 Å². The van der Waals surface area contributed by atoms with Crippen molar-refractivity contribution in [3.05, 3.63) is 34.9 Å². The standard InChI is InChI=1S/C15H18ClNO2/c1-15(2,3)17-13(8-12(18)9-14(17)19)10-4-6-11(16)7-5-10/h4-7,13H,8-9H2,1-3H3/t13-/m1/s1. The first-order valence-electron chi connectivity index (χ1n) is 6.38. The van der Waals surface area contributed by atoms with Gasteiger partial charge in [-0.1, -0.05) is 23.7 Å². The number of benzene rings is 1. The Labute approximate surface area is 118 Å². The average Bonchev–Trinajstić information content (AvgIpc) is 2.26. The van der Waals surface area contributed by atoms with Crippen LogP contribution in [0.25, 0.3) is 0 Å². The van der Waals surface area contributed by atoms with E-state index in [-0.39, 0.29) is 29.7 Å². The summed E-state index contributed by atoms with van der Waals surface area (Å²) in [4.78, 5) is 25.7. The second-order valence-corrected chi connectivity index (χ2v) is 6.36. The van der Waals surface area contributed by atoms with E-state index in [9.17, 15) is 9.59 Å². The van der Waals surface area contributed by atoms with Crippen LogP contribution in [0, 0.1) is 0 Å². The van der Waals surface area contributed by atoms with Gasteiger partial charge in [0.15, 0.2) is 0 Å². The van der Waals surface area contributed by atoms with E-state index in [1.807, 2.05) is 37.8 Å². The third kappa shape index (κ3) is 2.98. The van der Waals surface area contributed by atoms with Crippen molar-refractivity contribution >= 4 is 23.3 Å². The minimum atomic E-state index is -0.303. The monoisotopic (exact) mass is 279 g/mol. The Morgan fingerprint density at radius 1 is 1.16 bits per heavy atom. The van der Waals surface area contributed by atoms with E-state index in [4.69, 9.17) is 11.6 Å². The summed E-state index contributed by atoms with van der Waals surface area (Å²) in [5.74, 6) is -0.0887. The summed E-state index contributed by atoms with van der Waals surface area (Å²) in [5.41, 5.74) is 0.656. The van der Waals surface area contributed by atoms with Gasteiger partial charge >= 0.3 is 0 Å². The van der Waals surface area contributed by atoms with Gasteiger partial charge in [0.1, 0.15) is 5.78 Å². The molecule has 19 heavy (non-hydrogen) atoms. The highest BCUT2D eigenvalue weighted by atomic mass is 35.5. The molecule has 0 aromatic heterocycles. The number of carbonyl (C=O) groups is 2. The number of carbonyl (C=O) groups excluding carboxylic acids is 2. The molecule has 1 aromatic rings. The van der Waals surface area contributed by atoms with Gasteiger partial charge in [0.2, 0.25) is 5.91 Å². The van der Waals surface area contributed by atoms with Crippen LogP contribution in [0.4, 0.5) is 0 Å². The van der Waals surface area contributed by atoms with Gasteiger partial charge in [-0.3, -0.25) is 9.59 Å². The number of ketones is 1. The van der Waals surface area contributed by atoms with Crippen LogP contribution in [-0.2, 0) is 9.59 Å². The Hall–Kier alpha value is -1.35. The molecule has 2 rings (SSSR count). The molecule has 1 heterocycles. The summed E-state index contributed by atoms with van der Waals surface area (Å²) in [6.07, 6.45) is 0.395. The summed E-state index contributed by atoms with van der Waals surface area (Å²) < 4.78 is 0. The number of likely N-dealkylation sites (tertiary alicyclic amines) is 1. The van der Waals surface area contributed by atoms with E-state index in [1.54, 1.807) is 12.1 Å². The lowest BCUT2D eigenvalue weighted by molar-refractivity contribution is -0.148. The number of nitrogens with zero attached hydrogens (tertiary/aromatic N) is 1. The lowest BCUT2D eigenvalue weighted by Gasteiger charge is -2.44. The van der Waals surface area contributed by atoms with Gasteiger partial charge in [0.25, 0.3) is 0 Å². The van der Waals surface area contributed by atoms with Crippen LogP contribution in [0.15, 0.2) is 24.3 Å². The second-order valence-electron chi connectivity index (χ2n) is 5.92. The van der Waals surface area contributed by atoms with Crippen LogP contribution in [0.3, 0.4) is 0 Å². The number of halogens is 1. The quantitative estimate of drug-likeness (QED) is 0.739. The molecule has 1 amide bonds. The van der Waals surface area contributed by atoms with Gasteiger partial charge in [-0.25, -0.2) is 0 Å². The van der Waals surface area contributed by atoms with Gasteiger partial charge in [-0.05, 0) is 38.5 Å². The smallest absolute Gasteiger partial charge is 0.230 e. The zero-order valence-corrected chi connectivity index (χ0v) is 12.2. The number of Topliss-reactive ketones (excluding diaryl/α,β-unsaturated/α-hetero) is 1. The Morgan fingerprint density at radius 3 is 2.26 bits per heavy atom. The van der Waals surface area contributed by atoms with E-state index in [1.165, 1.54) is 0 Å². The molecule has 0 N–H and O–H groups in total. The average molecular weight is 280 g/mol. The number of rotatable bonds is 1. The minimum absolute atomic E-state index is 0.00505. The third-order valence-electron chi connectivity index (χ3n) is 3.33. The first-order chi connectivity index (χ1) is 8.79. The highest BCUT2D eigenvalue weighted by molar-refractivity contribution is 6.30. The van der Waals surface area contributed by atoms with Gasteiger partial charge < -0.3 is 4.90 Å². The molecule has 1 aliphatic rings. The molecule has 1 saturated heterocycles. The fourth-order valence-corrected chi connectivity index (χ4v) is 2.73. The molecule has 4 heteroatoms. The molecule has 0 unspecified atom stereocenters. The maximum Gasteiger partial charge on any atom is 0.230 e. The van der Waals surface area contributed by atoms with Crippen LogP contribution in [0.2, 0.25) is 5.02 Å². The first kappa shape index (κ1) is 14.1. The Bertz CT molecular complexity index is 502. The molecule has 1 aliphatic heterocycles. The van der Waals surface area contributed by atoms with E-state index >= 15 is 0 Å². The zero-order valence-electron chi connectivity index (χ0n) is 11.4. The predicted octanol–water partition coefficient (Wildman–Crippen LogP) is 3.37. The van der Waals surface area contributed by atoms with Crippen molar-refractivity contribution in [2.45, 2.75) is 45.2 Å². The highest BCUT2D eigenvalue weighted by Crippen LogP contribution is 2.35. The number of amides is 1. The van der Waals surface area contributed by atoms with E-state index in [0.29, 0.717) is 11.4 Å². The molecule has 0 aliphatic carbocycles. The molecule has 0 bridgehead atoms. The number of hydrogen-bond acceptors (Lipinski definition) is 2. The van der Waals surface area contributed by atoms with Crippen LogP contribution in [0.1, 0.15) is 45.2 Å². The Balaban J connectivity index is 2.40. The lowest BCUT2D eigenvalue weighted by Crippen LogP contribution is -2.51. The van der Waals surface area contributed by atoms with Crippen molar-refractivity contribution in [3.63, 3.8) is 0 Å². The molecule has 102 valence electrons. The SMILES string of the molecule is CC(C)(C)N1C(=O)CC(=O)C[C@@H]1c1ccc(Cl)cc1. The van der Waals surface area contributed by atoms with E-state index in [2.05, 4.69) is 0 Å². The summed E-state index contributed by atoms with van der Waals surface area (Å²) in [7, 11) is 0. The fraction of sp³-hybridized carbons (Fsp3) is 0.467. The summed E-state index contributed by atoms with van der Waals surface area (Å²) in [6, 6.07) is 7.17. The summed E-state index contributed by atoms with van der Waals surface area (Å²) >= 11 is 5.89. The van der Waals surface area contributed by atoms with Crippen molar-refractivity contribution in [1.29, 1.82) is 0 Å². The first-order valence-corrected chi connectivity index (χ1v) is 6.76. The molecule has 1 atom stereocenters. The molecule has 1 fully saturated rings. The summed E-state index contributed by atoms with van der Waals surface area (Å²) in [6.45, 7) is 5.97. The Kier molecular flexibility index (Phi) is 3.68. The lowest BCUT2D eigenvalue weighted by atomic mass is 9.89. The summed E-state index contributed by atoms with van der Waals surface area (Å²) in [5, 5.41) is 0.652. The van der Waals surface area contributed by atoms with Gasteiger partial charge in [-0.2, -0.15) is 0 Å². The molecule has 0 radical (unpaired) electrons. The van der Waals surface area contributed by atoms with Gasteiger partial charge in [0.05, 0.1) is 12.5 Å². The van der Waals surface area contributed by atoms with Crippen molar-refractivity contribution < 1.29 is 9.59 Å². The molecule has 0 spiro atoms. The second kappa shape index (κ2) is 4.97. The Morgan fingerprint density at radius 2 is 1.74 bits per heavy atom. The molecule has 1 aromatic carbocycles. The molecule has 0 saturated carbocycles. The van der Waals surface area contributed by atoms with Crippen LogP contribution in [0.5, 0.6) is 0 Å². The van der Waals surface area contributed by atoms with Crippen LogP contribution < -0.4 is 0 Å². The third-order valence-corrected chi connectivity index (χ3v) is 3.58.